The van der Waals surface area contributed by atoms with Crippen LogP contribution in [0.4, 0.5) is 14.9 Å². The summed E-state index contributed by atoms with van der Waals surface area (Å²) in [5.74, 6) is -2.46. The highest BCUT2D eigenvalue weighted by atomic mass is 79.9. The highest BCUT2D eigenvalue weighted by Gasteiger charge is 2.21. The van der Waals surface area contributed by atoms with E-state index in [1.54, 1.807) is 6.92 Å². The van der Waals surface area contributed by atoms with Crippen LogP contribution in [0.5, 0.6) is 0 Å². The summed E-state index contributed by atoms with van der Waals surface area (Å²) in [6.45, 7) is 5.22. The van der Waals surface area contributed by atoms with Crippen molar-refractivity contribution in [3.63, 3.8) is 0 Å². The Morgan fingerprint density at radius 1 is 1.08 bits per heavy atom. The molecule has 5 amide bonds. The topological polar surface area (TPSA) is 169 Å². The molecule has 0 aliphatic carbocycles. The van der Waals surface area contributed by atoms with Crippen LogP contribution in [0.3, 0.4) is 0 Å². The molecule has 0 radical (unpaired) electrons. The van der Waals surface area contributed by atoms with Gasteiger partial charge in [0.2, 0.25) is 17.7 Å². The zero-order valence-corrected chi connectivity index (χ0v) is 23.0. The number of amides is 5. The van der Waals surface area contributed by atoms with Gasteiger partial charge >= 0.3 is 12.0 Å². The number of rotatable bonds is 17. The molecule has 1 rings (SSSR count). The Hall–Kier alpha value is -3.48. The second-order valence-electron chi connectivity index (χ2n) is 8.47. The smallest absolute Gasteiger partial charge is 0.334 e. The molecule has 0 fully saturated rings. The molecule has 0 aromatic heterocycles. The first-order chi connectivity index (χ1) is 18.0. The van der Waals surface area contributed by atoms with Gasteiger partial charge < -0.3 is 31.7 Å². The van der Waals surface area contributed by atoms with E-state index in [9.17, 15) is 28.4 Å². The maximum atomic E-state index is 13.8. The number of unbranched alkanes of at least 4 members (excludes halogenated alkanes) is 2. The number of hydrogen-bond donors (Lipinski definition) is 5. The Balaban J connectivity index is 2.47. The van der Waals surface area contributed by atoms with E-state index >= 15 is 0 Å². The summed E-state index contributed by atoms with van der Waals surface area (Å²) in [6, 6.07) is 2.51. The van der Waals surface area contributed by atoms with E-state index in [1.165, 1.54) is 18.2 Å². The third-order valence-corrected chi connectivity index (χ3v) is 5.91. The van der Waals surface area contributed by atoms with Gasteiger partial charge in [-0.05, 0) is 56.7 Å². The molecule has 0 saturated heterocycles. The molecule has 0 spiro atoms. The molecule has 11 nitrogen and oxygen atoms in total. The lowest BCUT2D eigenvalue weighted by Crippen LogP contribution is -2.47. The molecule has 6 N–H and O–H groups in total. The van der Waals surface area contributed by atoms with Crippen LogP contribution < -0.4 is 27.0 Å². The first-order valence-corrected chi connectivity index (χ1v) is 13.2. The standard InChI is InChI=1S/C25H35BrFN5O6/c1-16-9-10-18(13-19(16)27)31-23(35)20(7-6-11-29-25(28)37)32-22(34)15-30-21(33)8-4-3-5-12-38-24(36)17(2)14-26/h9-10,13,20H,2-8,11-12,14-15H2,1H3,(H,30,33)(H,31,35)(H,32,34)(H3,28,29,37). The van der Waals surface area contributed by atoms with Crippen LogP contribution >= 0.6 is 15.9 Å². The molecular formula is C25H35BrFN5O6. The van der Waals surface area contributed by atoms with Gasteiger partial charge in [0.25, 0.3) is 0 Å². The van der Waals surface area contributed by atoms with Gasteiger partial charge in [0.15, 0.2) is 0 Å². The molecule has 13 heteroatoms. The number of primary amides is 1. The molecular weight excluding hydrogens is 565 g/mol. The van der Waals surface area contributed by atoms with E-state index in [-0.39, 0.29) is 44.1 Å². The van der Waals surface area contributed by atoms with E-state index in [0.29, 0.717) is 42.1 Å². The number of anilines is 1. The first kappa shape index (κ1) is 32.5. The molecule has 0 saturated carbocycles. The van der Waals surface area contributed by atoms with Crippen LogP contribution in [0, 0.1) is 12.7 Å². The van der Waals surface area contributed by atoms with Crippen LogP contribution in [0.2, 0.25) is 0 Å². The van der Waals surface area contributed by atoms with Gasteiger partial charge in [0, 0.05) is 29.6 Å². The van der Waals surface area contributed by atoms with E-state index in [1.807, 2.05) is 0 Å². The van der Waals surface area contributed by atoms with Gasteiger partial charge in [-0.1, -0.05) is 28.6 Å². The van der Waals surface area contributed by atoms with Crippen molar-refractivity contribution < 1.29 is 33.1 Å². The van der Waals surface area contributed by atoms with Gasteiger partial charge in [0.05, 0.1) is 13.2 Å². The fourth-order valence-corrected chi connectivity index (χ4v) is 3.31. The number of carbonyl (C=O) groups excluding carboxylic acids is 5. The minimum absolute atomic E-state index is 0.160. The average Bonchev–Trinajstić information content (AvgIpc) is 2.87. The van der Waals surface area contributed by atoms with Crippen molar-refractivity contribution in [3.8, 4) is 0 Å². The van der Waals surface area contributed by atoms with Crippen molar-refractivity contribution in [2.45, 2.75) is 51.5 Å². The van der Waals surface area contributed by atoms with E-state index < -0.39 is 35.7 Å². The second kappa shape index (κ2) is 17.9. The Morgan fingerprint density at radius 2 is 1.82 bits per heavy atom. The molecule has 1 unspecified atom stereocenters. The molecule has 1 atom stereocenters. The van der Waals surface area contributed by atoms with E-state index in [2.05, 4.69) is 43.8 Å². The lowest BCUT2D eigenvalue weighted by molar-refractivity contribution is -0.139. The number of benzene rings is 1. The van der Waals surface area contributed by atoms with Gasteiger partial charge in [-0.15, -0.1) is 0 Å². The maximum absolute atomic E-state index is 13.8. The van der Waals surface area contributed by atoms with Gasteiger partial charge in [-0.3, -0.25) is 14.4 Å². The highest BCUT2D eigenvalue weighted by Crippen LogP contribution is 2.14. The van der Waals surface area contributed by atoms with Gasteiger partial charge in [-0.2, -0.15) is 0 Å². The van der Waals surface area contributed by atoms with E-state index in [4.69, 9.17) is 10.5 Å². The van der Waals surface area contributed by atoms with Crippen molar-refractivity contribution in [2.24, 2.45) is 5.73 Å². The second-order valence-corrected chi connectivity index (χ2v) is 9.03. The summed E-state index contributed by atoms with van der Waals surface area (Å²) in [5, 5.41) is 10.3. The number of alkyl halides is 1. The van der Waals surface area contributed by atoms with Crippen molar-refractivity contribution in [2.75, 3.05) is 30.3 Å². The minimum Gasteiger partial charge on any atom is -0.462 e. The lowest BCUT2D eigenvalue weighted by Gasteiger charge is -2.19. The van der Waals surface area contributed by atoms with Crippen LogP contribution in [0.15, 0.2) is 30.4 Å². The van der Waals surface area contributed by atoms with Crippen molar-refractivity contribution >= 4 is 51.3 Å². The molecule has 0 heterocycles. The summed E-state index contributed by atoms with van der Waals surface area (Å²) in [6.07, 6.45) is 2.44. The minimum atomic E-state index is -0.998. The number of halogens is 2. The lowest BCUT2D eigenvalue weighted by atomic mass is 10.1. The number of carbonyl (C=O) groups is 5. The quantitative estimate of drug-likeness (QED) is 0.0795. The van der Waals surface area contributed by atoms with Crippen LogP contribution in [-0.2, 0) is 23.9 Å². The summed E-state index contributed by atoms with van der Waals surface area (Å²) in [4.78, 5) is 59.5. The van der Waals surface area contributed by atoms with Gasteiger partial charge in [-0.25, -0.2) is 14.0 Å². The highest BCUT2D eigenvalue weighted by molar-refractivity contribution is 9.09. The van der Waals surface area contributed by atoms with Crippen molar-refractivity contribution in [1.29, 1.82) is 0 Å². The Morgan fingerprint density at radius 3 is 2.47 bits per heavy atom. The molecule has 1 aromatic rings. The van der Waals surface area contributed by atoms with Gasteiger partial charge in [0.1, 0.15) is 11.9 Å². The maximum Gasteiger partial charge on any atom is 0.334 e. The zero-order valence-electron chi connectivity index (χ0n) is 21.4. The number of esters is 1. The Bertz CT molecular complexity index is 1010. The summed E-state index contributed by atoms with van der Waals surface area (Å²) in [7, 11) is 0. The van der Waals surface area contributed by atoms with E-state index in [0.717, 1.165) is 0 Å². The number of urea groups is 1. The number of aryl methyl sites for hydroxylation is 1. The normalized spacial score (nSPS) is 11.1. The number of nitrogens with two attached hydrogens (primary N) is 1. The van der Waals surface area contributed by atoms with Crippen molar-refractivity contribution in [1.82, 2.24) is 16.0 Å². The molecule has 210 valence electrons. The predicted molar refractivity (Wildman–Crippen MR) is 144 cm³/mol. The molecule has 0 bridgehead atoms. The Labute approximate surface area is 229 Å². The first-order valence-electron chi connectivity index (χ1n) is 12.1. The molecule has 0 aliphatic heterocycles. The molecule has 1 aromatic carbocycles. The molecule has 38 heavy (non-hydrogen) atoms. The fraction of sp³-hybridized carbons (Fsp3) is 0.480. The van der Waals surface area contributed by atoms with Crippen LogP contribution in [-0.4, -0.2) is 60.8 Å². The molecule has 0 aliphatic rings. The summed E-state index contributed by atoms with van der Waals surface area (Å²) in [5.41, 5.74) is 6.00. The number of nitrogens with one attached hydrogen (secondary N) is 4. The predicted octanol–water partition coefficient (Wildman–Crippen LogP) is 2.18. The zero-order chi connectivity index (χ0) is 28.5. The average molecular weight is 600 g/mol. The Kier molecular flexibility index (Phi) is 15.3. The van der Waals surface area contributed by atoms with Crippen molar-refractivity contribution in [3.05, 3.63) is 41.7 Å². The number of ether oxygens (including phenoxy) is 1. The SMILES string of the molecule is C=C(CBr)C(=O)OCCCCCC(=O)NCC(=O)NC(CCCNC(N)=O)C(=O)Nc1ccc(C)c(F)c1. The fourth-order valence-electron chi connectivity index (χ4n) is 3.09. The summed E-state index contributed by atoms with van der Waals surface area (Å²) >= 11 is 3.12. The number of hydrogen-bond acceptors (Lipinski definition) is 6. The monoisotopic (exact) mass is 599 g/mol. The summed E-state index contributed by atoms with van der Waals surface area (Å²) < 4.78 is 18.9. The van der Waals surface area contributed by atoms with Crippen LogP contribution in [0.25, 0.3) is 0 Å². The third-order valence-electron chi connectivity index (χ3n) is 5.24. The largest absolute Gasteiger partial charge is 0.462 e. The third kappa shape index (κ3) is 13.7. The van der Waals surface area contributed by atoms with Crippen LogP contribution in [0.1, 0.15) is 44.1 Å².